The molecule has 1 rings (SSSR count). The van der Waals surface area contributed by atoms with Gasteiger partial charge in [-0.2, -0.15) is 0 Å². The Kier molecular flexibility index (Phi) is 5.70. The van der Waals surface area contributed by atoms with E-state index < -0.39 is 11.9 Å². The number of hydrogen-bond donors (Lipinski definition) is 1. The maximum absolute atomic E-state index is 11.4. The Morgan fingerprint density at radius 3 is 2.47 bits per heavy atom. The molecule has 0 unspecified atom stereocenters. The van der Waals surface area contributed by atoms with Crippen LogP contribution in [0.4, 0.5) is 0 Å². The molecule has 0 bridgehead atoms. The maximum atomic E-state index is 11.4. The number of aliphatic carboxylic acids is 1. The van der Waals surface area contributed by atoms with Gasteiger partial charge in [-0.25, -0.2) is 0 Å². The van der Waals surface area contributed by atoms with Crippen molar-refractivity contribution in [3.05, 3.63) is 0 Å². The highest BCUT2D eigenvalue weighted by atomic mass is 16.4. The number of carbonyl (C=O) groups is 3. The van der Waals surface area contributed by atoms with Gasteiger partial charge in [0, 0.05) is 12.3 Å². The van der Waals surface area contributed by atoms with E-state index in [2.05, 4.69) is 6.92 Å². The Bertz CT molecular complexity index is 350. The van der Waals surface area contributed by atoms with Crippen molar-refractivity contribution in [3.8, 4) is 0 Å². The second-order valence-corrected chi connectivity index (χ2v) is 5.96. The fraction of sp³-hybridized carbons (Fsp3) is 0.800. The first-order valence-electron chi connectivity index (χ1n) is 7.06. The minimum Gasteiger partial charge on any atom is -0.481 e. The van der Waals surface area contributed by atoms with Crippen LogP contribution in [0.15, 0.2) is 0 Å². The predicted octanol–water partition coefficient (Wildman–Crippen LogP) is 2.55. The number of rotatable bonds is 6. The fourth-order valence-electron chi connectivity index (χ4n) is 3.37. The van der Waals surface area contributed by atoms with Gasteiger partial charge in [-0.05, 0) is 37.5 Å². The summed E-state index contributed by atoms with van der Waals surface area (Å²) in [5.74, 6) is -1.00. The number of aldehydes is 1. The molecule has 0 aromatic carbocycles. The normalized spacial score (nSPS) is 32.6. The van der Waals surface area contributed by atoms with Crippen LogP contribution in [-0.4, -0.2) is 23.1 Å². The molecule has 1 aliphatic carbocycles. The Morgan fingerprint density at radius 1 is 1.37 bits per heavy atom. The third-order valence-corrected chi connectivity index (χ3v) is 4.69. The molecule has 0 radical (unpaired) electrons. The minimum atomic E-state index is -0.836. The van der Waals surface area contributed by atoms with Gasteiger partial charge in [0.05, 0.1) is 5.92 Å². The second-order valence-electron chi connectivity index (χ2n) is 5.96. The molecule has 4 nitrogen and oxygen atoms in total. The summed E-state index contributed by atoms with van der Waals surface area (Å²) >= 11 is 0. The van der Waals surface area contributed by atoms with Gasteiger partial charge < -0.3 is 14.7 Å². The standard InChI is InChI=1S/C15H24O4/c1-9-4-6-13(11(3)15(18)19)14(8-16)12(9)7-5-10(2)17/h8-9,11-14H,4-7H2,1-3H3,(H,18,19)/t9-,11-,12+,13+,14+/m1/s1. The Hall–Kier alpha value is -1.19. The molecule has 0 aliphatic heterocycles. The zero-order valence-electron chi connectivity index (χ0n) is 12.0. The highest BCUT2D eigenvalue weighted by Crippen LogP contribution is 2.43. The SMILES string of the molecule is CC(=O)CC[C@@H]1[C@H](C=O)[C@H]([C@@H](C)C(=O)O)CC[C@H]1C. The van der Waals surface area contributed by atoms with Crippen molar-refractivity contribution < 1.29 is 19.5 Å². The molecular weight excluding hydrogens is 244 g/mol. The van der Waals surface area contributed by atoms with Crippen molar-refractivity contribution in [1.82, 2.24) is 0 Å². The Balaban J connectivity index is 2.84. The lowest BCUT2D eigenvalue weighted by Gasteiger charge is -2.41. The van der Waals surface area contributed by atoms with Crippen molar-refractivity contribution in [2.75, 3.05) is 0 Å². The van der Waals surface area contributed by atoms with Crippen LogP contribution in [0.1, 0.15) is 46.5 Å². The number of Topliss-reactive ketones (excluding diaryl/α,β-unsaturated/α-hetero) is 1. The van der Waals surface area contributed by atoms with Crippen LogP contribution in [-0.2, 0) is 14.4 Å². The average molecular weight is 268 g/mol. The van der Waals surface area contributed by atoms with Crippen molar-refractivity contribution in [3.63, 3.8) is 0 Å². The highest BCUT2D eigenvalue weighted by molar-refractivity contribution is 5.75. The molecule has 1 aliphatic rings. The number of carboxylic acids is 1. The van der Waals surface area contributed by atoms with E-state index in [1.165, 1.54) is 0 Å². The highest BCUT2D eigenvalue weighted by Gasteiger charge is 2.41. The van der Waals surface area contributed by atoms with Crippen molar-refractivity contribution in [1.29, 1.82) is 0 Å². The summed E-state index contributed by atoms with van der Waals surface area (Å²) in [6.07, 6.45) is 3.82. The predicted molar refractivity (Wildman–Crippen MR) is 71.6 cm³/mol. The molecule has 5 atom stereocenters. The van der Waals surface area contributed by atoms with Gasteiger partial charge in [-0.3, -0.25) is 4.79 Å². The van der Waals surface area contributed by atoms with Crippen LogP contribution in [0.3, 0.4) is 0 Å². The van der Waals surface area contributed by atoms with E-state index in [0.29, 0.717) is 18.8 Å². The van der Waals surface area contributed by atoms with Gasteiger partial charge in [0.25, 0.3) is 0 Å². The molecule has 0 aromatic rings. The Morgan fingerprint density at radius 2 is 2.00 bits per heavy atom. The molecule has 108 valence electrons. The summed E-state index contributed by atoms with van der Waals surface area (Å²) in [6.45, 7) is 5.34. The summed E-state index contributed by atoms with van der Waals surface area (Å²) in [4.78, 5) is 33.7. The van der Waals surface area contributed by atoms with Crippen molar-refractivity contribution >= 4 is 18.0 Å². The summed E-state index contributed by atoms with van der Waals surface area (Å²) in [6, 6.07) is 0. The molecule has 19 heavy (non-hydrogen) atoms. The van der Waals surface area contributed by atoms with Gasteiger partial charge in [0.1, 0.15) is 12.1 Å². The summed E-state index contributed by atoms with van der Waals surface area (Å²) in [5, 5.41) is 9.15. The van der Waals surface area contributed by atoms with Crippen LogP contribution in [0.2, 0.25) is 0 Å². The molecule has 4 heteroatoms. The maximum Gasteiger partial charge on any atom is 0.306 e. The molecule has 0 amide bonds. The zero-order chi connectivity index (χ0) is 14.6. The topological polar surface area (TPSA) is 71.4 Å². The lowest BCUT2D eigenvalue weighted by atomic mass is 9.63. The zero-order valence-corrected chi connectivity index (χ0v) is 12.0. The number of carbonyl (C=O) groups excluding carboxylic acids is 2. The van der Waals surface area contributed by atoms with Gasteiger partial charge in [-0.1, -0.05) is 20.3 Å². The fourth-order valence-corrected chi connectivity index (χ4v) is 3.37. The smallest absolute Gasteiger partial charge is 0.306 e. The van der Waals surface area contributed by atoms with Crippen molar-refractivity contribution in [2.45, 2.75) is 46.5 Å². The van der Waals surface area contributed by atoms with Crippen LogP contribution in [0.25, 0.3) is 0 Å². The molecule has 1 N–H and O–H groups in total. The van der Waals surface area contributed by atoms with Crippen LogP contribution >= 0.6 is 0 Å². The van der Waals surface area contributed by atoms with Gasteiger partial charge >= 0.3 is 5.97 Å². The van der Waals surface area contributed by atoms with Crippen LogP contribution in [0.5, 0.6) is 0 Å². The van der Waals surface area contributed by atoms with Gasteiger partial charge in [0.15, 0.2) is 0 Å². The minimum absolute atomic E-state index is 0.0943. The van der Waals surface area contributed by atoms with E-state index in [0.717, 1.165) is 19.1 Å². The van der Waals surface area contributed by atoms with Crippen molar-refractivity contribution in [2.24, 2.45) is 29.6 Å². The number of ketones is 1. The Labute approximate surface area is 114 Å². The molecular formula is C15H24O4. The first-order valence-corrected chi connectivity index (χ1v) is 7.06. The van der Waals surface area contributed by atoms with Crippen LogP contribution < -0.4 is 0 Å². The average Bonchev–Trinajstić information content (AvgIpc) is 2.35. The number of carboxylic acid groups (broad SMARTS) is 1. The largest absolute Gasteiger partial charge is 0.481 e. The first-order chi connectivity index (χ1) is 8.88. The van der Waals surface area contributed by atoms with E-state index in [1.54, 1.807) is 13.8 Å². The van der Waals surface area contributed by atoms with E-state index in [1.807, 2.05) is 0 Å². The lowest BCUT2D eigenvalue weighted by molar-refractivity contribution is -0.145. The second kappa shape index (κ2) is 6.83. The third-order valence-electron chi connectivity index (χ3n) is 4.69. The monoisotopic (exact) mass is 268 g/mol. The molecule has 0 spiro atoms. The molecule has 0 saturated heterocycles. The lowest BCUT2D eigenvalue weighted by Crippen LogP contribution is -2.39. The first kappa shape index (κ1) is 15.9. The van der Waals surface area contributed by atoms with E-state index in [-0.39, 0.29) is 23.5 Å². The summed E-state index contributed by atoms with van der Waals surface area (Å²) < 4.78 is 0. The van der Waals surface area contributed by atoms with E-state index in [9.17, 15) is 14.4 Å². The van der Waals surface area contributed by atoms with Crippen LogP contribution in [0, 0.1) is 29.6 Å². The molecule has 0 aromatic heterocycles. The number of hydrogen-bond acceptors (Lipinski definition) is 3. The summed E-state index contributed by atoms with van der Waals surface area (Å²) in [5.41, 5.74) is 0. The summed E-state index contributed by atoms with van der Waals surface area (Å²) in [7, 11) is 0. The molecule has 1 saturated carbocycles. The van der Waals surface area contributed by atoms with E-state index in [4.69, 9.17) is 5.11 Å². The van der Waals surface area contributed by atoms with Gasteiger partial charge in [0.2, 0.25) is 0 Å². The van der Waals surface area contributed by atoms with Gasteiger partial charge in [-0.15, -0.1) is 0 Å². The molecule has 1 fully saturated rings. The quantitative estimate of drug-likeness (QED) is 0.751. The third kappa shape index (κ3) is 3.88. The van der Waals surface area contributed by atoms with E-state index >= 15 is 0 Å². The molecule has 0 heterocycles.